The summed E-state index contributed by atoms with van der Waals surface area (Å²) >= 11 is 0. The summed E-state index contributed by atoms with van der Waals surface area (Å²) in [6.45, 7) is 7.90. The van der Waals surface area contributed by atoms with Gasteiger partial charge in [0.05, 0.1) is 12.0 Å². The van der Waals surface area contributed by atoms with E-state index in [1.165, 1.54) is 0 Å². The van der Waals surface area contributed by atoms with Crippen LogP contribution in [0.4, 0.5) is 4.79 Å². The van der Waals surface area contributed by atoms with E-state index in [9.17, 15) is 14.7 Å². The van der Waals surface area contributed by atoms with Gasteiger partial charge >= 0.3 is 12.1 Å². The number of aliphatic carboxylic acids is 1. The molecule has 1 aliphatic rings. The molecule has 7 nitrogen and oxygen atoms in total. The molecule has 7 heteroatoms. The van der Waals surface area contributed by atoms with Crippen molar-refractivity contribution in [2.45, 2.75) is 51.6 Å². The number of ether oxygens (including phenoxy) is 1. The van der Waals surface area contributed by atoms with Crippen LogP contribution in [0.1, 0.15) is 46.2 Å². The number of nitrogens with zero attached hydrogens (tertiary/aromatic N) is 2. The van der Waals surface area contributed by atoms with Crippen LogP contribution in [0.3, 0.4) is 0 Å². The first-order valence-corrected chi connectivity index (χ1v) is 9.92. The number of nitrogens with one attached hydrogen (secondary N) is 1. The summed E-state index contributed by atoms with van der Waals surface area (Å²) in [7, 11) is 0. The number of carboxylic acid groups (broad SMARTS) is 1. The molecular formula is C22H29N3O4. The molecule has 156 valence electrons. The molecule has 2 N–H and O–H groups in total. The standard InChI is InChI=1S/C22H29N3O4/c1-15(12-23-20(28)29-21(2,3)4)10-16-11-22(16,19(26)27)18-13-25(14-24-18)17-8-6-5-7-9-17/h5-9,13-16H,10-12H2,1-4H3,(H,23,28)(H,26,27)/t15?,16-,22+/m0/s1. The second-order valence-electron chi connectivity index (χ2n) is 8.90. The normalized spacial score (nSPS) is 22.0. The van der Waals surface area contributed by atoms with Crippen molar-refractivity contribution in [3.63, 3.8) is 0 Å². The minimum Gasteiger partial charge on any atom is -0.481 e. The lowest BCUT2D eigenvalue weighted by atomic mass is 9.94. The van der Waals surface area contributed by atoms with Crippen LogP contribution in [0.5, 0.6) is 0 Å². The average molecular weight is 399 g/mol. The number of benzene rings is 1. The van der Waals surface area contributed by atoms with Gasteiger partial charge in [-0.05, 0) is 57.6 Å². The molecule has 29 heavy (non-hydrogen) atoms. The van der Waals surface area contributed by atoms with E-state index in [1.54, 1.807) is 6.33 Å². The zero-order chi connectivity index (χ0) is 21.2. The largest absolute Gasteiger partial charge is 0.481 e. The van der Waals surface area contributed by atoms with Crippen LogP contribution in [0.25, 0.3) is 5.69 Å². The maximum Gasteiger partial charge on any atom is 0.407 e. The van der Waals surface area contributed by atoms with Crippen LogP contribution in [0.15, 0.2) is 42.9 Å². The highest BCUT2D eigenvalue weighted by Crippen LogP contribution is 2.56. The predicted octanol–water partition coefficient (Wildman–Crippen LogP) is 3.77. The molecule has 3 atom stereocenters. The topological polar surface area (TPSA) is 93.5 Å². The second-order valence-corrected chi connectivity index (χ2v) is 8.90. The minimum atomic E-state index is -0.944. The molecular weight excluding hydrogens is 370 g/mol. The molecule has 1 amide bonds. The Hall–Kier alpha value is -2.83. The van der Waals surface area contributed by atoms with E-state index in [2.05, 4.69) is 10.3 Å². The average Bonchev–Trinajstić information content (AvgIpc) is 3.14. The number of hydrogen-bond acceptors (Lipinski definition) is 4. The maximum absolute atomic E-state index is 12.1. The summed E-state index contributed by atoms with van der Waals surface area (Å²) in [6.07, 6.45) is 4.28. The number of carboxylic acids is 1. The molecule has 0 spiro atoms. The van der Waals surface area contributed by atoms with E-state index in [0.29, 0.717) is 25.1 Å². The monoisotopic (exact) mass is 399 g/mol. The summed E-state index contributed by atoms with van der Waals surface area (Å²) in [5.41, 5.74) is 0.0464. The van der Waals surface area contributed by atoms with Crippen LogP contribution in [-0.4, -0.2) is 38.9 Å². The Kier molecular flexibility index (Phi) is 5.68. The van der Waals surface area contributed by atoms with Crippen molar-refractivity contribution in [1.82, 2.24) is 14.9 Å². The molecule has 1 heterocycles. The number of rotatable bonds is 7. The summed E-state index contributed by atoms with van der Waals surface area (Å²) < 4.78 is 7.10. The highest BCUT2D eigenvalue weighted by Gasteiger charge is 2.62. The molecule has 2 aromatic rings. The van der Waals surface area contributed by atoms with Crippen molar-refractivity contribution < 1.29 is 19.4 Å². The van der Waals surface area contributed by atoms with Crippen LogP contribution < -0.4 is 5.32 Å². The third kappa shape index (κ3) is 4.78. The van der Waals surface area contributed by atoms with Gasteiger partial charge in [0.25, 0.3) is 0 Å². The van der Waals surface area contributed by atoms with Gasteiger partial charge in [-0.2, -0.15) is 0 Å². The molecule has 0 saturated heterocycles. The Labute approximate surface area is 171 Å². The lowest BCUT2D eigenvalue weighted by Gasteiger charge is -2.21. The smallest absolute Gasteiger partial charge is 0.407 e. The van der Waals surface area contributed by atoms with Crippen molar-refractivity contribution in [1.29, 1.82) is 0 Å². The van der Waals surface area contributed by atoms with Crippen molar-refractivity contribution in [2.75, 3.05) is 6.54 Å². The molecule has 0 radical (unpaired) electrons. The molecule has 1 saturated carbocycles. The molecule has 1 unspecified atom stereocenters. The Morgan fingerprint density at radius 3 is 2.66 bits per heavy atom. The first-order valence-electron chi connectivity index (χ1n) is 9.92. The number of aromatic nitrogens is 2. The van der Waals surface area contributed by atoms with Crippen molar-refractivity contribution in [3.05, 3.63) is 48.5 Å². The van der Waals surface area contributed by atoms with E-state index < -0.39 is 23.1 Å². The fourth-order valence-corrected chi connectivity index (χ4v) is 3.73. The van der Waals surface area contributed by atoms with E-state index in [1.807, 2.05) is 68.8 Å². The van der Waals surface area contributed by atoms with Gasteiger partial charge in [0.1, 0.15) is 11.0 Å². The number of carbonyl (C=O) groups excluding carboxylic acids is 1. The highest BCUT2D eigenvalue weighted by atomic mass is 16.6. The van der Waals surface area contributed by atoms with Gasteiger partial charge in [-0.25, -0.2) is 9.78 Å². The fourth-order valence-electron chi connectivity index (χ4n) is 3.73. The first kappa shape index (κ1) is 20.9. The first-order chi connectivity index (χ1) is 13.6. The number of alkyl carbamates (subject to hydrolysis) is 1. The third-order valence-corrected chi connectivity index (χ3v) is 5.26. The lowest BCUT2D eigenvalue weighted by molar-refractivity contribution is -0.140. The molecule has 3 rings (SSSR count). The van der Waals surface area contributed by atoms with Gasteiger partial charge in [-0.1, -0.05) is 25.1 Å². The van der Waals surface area contributed by atoms with Gasteiger partial charge in [-0.3, -0.25) is 4.79 Å². The molecule has 0 aliphatic heterocycles. The summed E-state index contributed by atoms with van der Waals surface area (Å²) in [5, 5.41) is 12.7. The van der Waals surface area contributed by atoms with Crippen molar-refractivity contribution in [3.8, 4) is 5.69 Å². The van der Waals surface area contributed by atoms with Crippen molar-refractivity contribution >= 4 is 12.1 Å². The van der Waals surface area contributed by atoms with Crippen molar-refractivity contribution in [2.24, 2.45) is 11.8 Å². The lowest BCUT2D eigenvalue weighted by Crippen LogP contribution is -2.35. The number of imidazole rings is 1. The highest BCUT2D eigenvalue weighted by molar-refractivity contribution is 5.85. The van der Waals surface area contributed by atoms with Gasteiger partial charge in [0.15, 0.2) is 0 Å². The zero-order valence-electron chi connectivity index (χ0n) is 17.4. The number of hydrogen-bond donors (Lipinski definition) is 2. The van der Waals surface area contributed by atoms with E-state index in [0.717, 1.165) is 5.69 Å². The summed E-state index contributed by atoms with van der Waals surface area (Å²) in [4.78, 5) is 28.3. The SMILES string of the molecule is CC(CNC(=O)OC(C)(C)C)C[C@H]1C[C@]1(C(=O)O)c1cn(-c2ccccc2)cn1. The van der Waals surface area contributed by atoms with Gasteiger partial charge in [-0.15, -0.1) is 0 Å². The van der Waals surface area contributed by atoms with E-state index in [4.69, 9.17) is 4.74 Å². The maximum atomic E-state index is 12.1. The van der Waals surface area contributed by atoms with Crippen LogP contribution in [-0.2, 0) is 14.9 Å². The van der Waals surface area contributed by atoms with Crippen LogP contribution in [0.2, 0.25) is 0 Å². The number of amides is 1. The summed E-state index contributed by atoms with van der Waals surface area (Å²) in [6, 6.07) is 9.70. The Morgan fingerprint density at radius 2 is 2.03 bits per heavy atom. The second kappa shape index (κ2) is 7.89. The quantitative estimate of drug-likeness (QED) is 0.739. The predicted molar refractivity (Wildman–Crippen MR) is 109 cm³/mol. The number of para-hydroxylation sites is 1. The van der Waals surface area contributed by atoms with E-state index in [-0.39, 0.29) is 11.8 Å². The Morgan fingerprint density at radius 1 is 1.34 bits per heavy atom. The van der Waals surface area contributed by atoms with Gasteiger partial charge in [0.2, 0.25) is 0 Å². The Bertz CT molecular complexity index is 872. The minimum absolute atomic E-state index is 0.00504. The van der Waals surface area contributed by atoms with Crippen LogP contribution >= 0.6 is 0 Å². The zero-order valence-corrected chi connectivity index (χ0v) is 17.4. The van der Waals surface area contributed by atoms with Gasteiger partial charge in [0, 0.05) is 18.4 Å². The van der Waals surface area contributed by atoms with E-state index >= 15 is 0 Å². The molecule has 1 aromatic heterocycles. The molecule has 1 fully saturated rings. The van der Waals surface area contributed by atoms with Crippen LogP contribution in [0, 0.1) is 11.8 Å². The number of carbonyl (C=O) groups is 2. The fraction of sp³-hybridized carbons (Fsp3) is 0.500. The third-order valence-electron chi connectivity index (χ3n) is 5.26. The summed E-state index contributed by atoms with van der Waals surface area (Å²) in [5.74, 6) is -0.715. The molecule has 1 aliphatic carbocycles. The Balaban J connectivity index is 1.62. The molecule has 1 aromatic carbocycles. The van der Waals surface area contributed by atoms with Gasteiger partial charge < -0.3 is 19.7 Å². The molecule has 0 bridgehead atoms.